The maximum absolute atomic E-state index is 10.9. The Hall–Kier alpha value is -2.23. The van der Waals surface area contributed by atoms with Crippen LogP contribution in [0.1, 0.15) is 5.76 Å². The van der Waals surface area contributed by atoms with Gasteiger partial charge >= 0.3 is 5.97 Å². The highest BCUT2D eigenvalue weighted by atomic mass is 16.5. The van der Waals surface area contributed by atoms with E-state index in [9.17, 15) is 4.79 Å². The lowest BCUT2D eigenvalue weighted by Crippen LogP contribution is -1.92. The lowest BCUT2D eigenvalue weighted by Gasteiger charge is -1.90. The van der Waals surface area contributed by atoms with Gasteiger partial charge in [-0.2, -0.15) is 0 Å². The Balaban J connectivity index is 2.37. The fourth-order valence-electron chi connectivity index (χ4n) is 1.40. The van der Waals surface area contributed by atoms with Crippen molar-refractivity contribution in [2.24, 2.45) is 0 Å². The number of nitrogens with two attached hydrogens (primary N) is 1. The van der Waals surface area contributed by atoms with Gasteiger partial charge in [0.25, 0.3) is 0 Å². The summed E-state index contributed by atoms with van der Waals surface area (Å²) in [5.41, 5.74) is 7.13. The van der Waals surface area contributed by atoms with Gasteiger partial charge in [-0.15, -0.1) is 0 Å². The second kappa shape index (κ2) is 4.10. The molecule has 0 radical (unpaired) electrons. The van der Waals surface area contributed by atoms with Crippen molar-refractivity contribution in [2.45, 2.75) is 0 Å². The van der Waals surface area contributed by atoms with E-state index >= 15 is 0 Å². The van der Waals surface area contributed by atoms with Crippen LogP contribution in [0.25, 0.3) is 17.0 Å². The van der Waals surface area contributed by atoms with Crippen molar-refractivity contribution in [1.82, 2.24) is 0 Å². The summed E-state index contributed by atoms with van der Waals surface area (Å²) in [6.45, 7) is 0. The molecule has 0 spiro atoms. The Morgan fingerprint density at radius 3 is 3.00 bits per heavy atom. The van der Waals surface area contributed by atoms with E-state index in [0.29, 0.717) is 17.0 Å². The smallest absolute Gasteiger partial charge is 0.330 e. The van der Waals surface area contributed by atoms with E-state index in [-0.39, 0.29) is 0 Å². The van der Waals surface area contributed by atoms with E-state index in [1.54, 1.807) is 18.2 Å². The Bertz CT molecular complexity index is 554. The molecule has 2 aromatic rings. The number of carbonyl (C=O) groups excluding carboxylic acids is 1. The number of ether oxygens (including phenoxy) is 1. The zero-order chi connectivity index (χ0) is 11.5. The highest BCUT2D eigenvalue weighted by Gasteiger charge is 2.03. The molecule has 1 aromatic heterocycles. The van der Waals surface area contributed by atoms with Gasteiger partial charge < -0.3 is 14.9 Å². The zero-order valence-electron chi connectivity index (χ0n) is 8.77. The van der Waals surface area contributed by atoms with Crippen molar-refractivity contribution < 1.29 is 13.9 Å². The first-order valence-electron chi connectivity index (χ1n) is 4.75. The van der Waals surface area contributed by atoms with Gasteiger partial charge in [-0.3, -0.25) is 0 Å². The highest BCUT2D eigenvalue weighted by Crippen LogP contribution is 2.25. The number of nitrogen functional groups attached to an aromatic ring is 1. The van der Waals surface area contributed by atoms with Gasteiger partial charge in [-0.1, -0.05) is 6.07 Å². The summed E-state index contributed by atoms with van der Waals surface area (Å²) in [4.78, 5) is 10.9. The molecule has 4 nitrogen and oxygen atoms in total. The molecule has 0 atom stereocenters. The molecule has 0 saturated heterocycles. The van der Waals surface area contributed by atoms with Crippen LogP contribution in [-0.2, 0) is 9.53 Å². The van der Waals surface area contributed by atoms with Crippen LogP contribution in [0.15, 0.2) is 34.8 Å². The maximum atomic E-state index is 10.9. The van der Waals surface area contributed by atoms with Crippen molar-refractivity contribution in [3.8, 4) is 0 Å². The van der Waals surface area contributed by atoms with Crippen LogP contribution in [0.5, 0.6) is 0 Å². The van der Waals surface area contributed by atoms with E-state index in [0.717, 1.165) is 5.39 Å². The Labute approximate surface area is 92.3 Å². The van der Waals surface area contributed by atoms with E-state index < -0.39 is 5.97 Å². The third-order valence-electron chi connectivity index (χ3n) is 2.20. The lowest BCUT2D eigenvalue weighted by molar-refractivity contribution is -0.134. The predicted octanol–water partition coefficient (Wildman–Crippen LogP) is 2.20. The van der Waals surface area contributed by atoms with Gasteiger partial charge in [-0.25, -0.2) is 4.79 Å². The summed E-state index contributed by atoms with van der Waals surface area (Å²) < 4.78 is 9.95. The van der Waals surface area contributed by atoms with Crippen LogP contribution in [0.3, 0.4) is 0 Å². The molecule has 2 rings (SSSR count). The molecular formula is C12H11NO3. The number of anilines is 1. The first kappa shape index (κ1) is 10.3. The summed E-state index contributed by atoms with van der Waals surface area (Å²) in [5, 5.41) is 0.840. The van der Waals surface area contributed by atoms with Crippen molar-refractivity contribution in [1.29, 1.82) is 0 Å². The number of furan rings is 1. The molecule has 0 saturated carbocycles. The lowest BCUT2D eigenvalue weighted by atomic mass is 10.2. The molecule has 4 heteroatoms. The number of esters is 1. The van der Waals surface area contributed by atoms with Gasteiger partial charge in [0.15, 0.2) is 0 Å². The molecular weight excluding hydrogens is 206 g/mol. The highest BCUT2D eigenvalue weighted by molar-refractivity contribution is 5.92. The molecule has 1 heterocycles. The Morgan fingerprint density at radius 1 is 1.50 bits per heavy atom. The Kier molecular flexibility index (Phi) is 2.64. The first-order chi connectivity index (χ1) is 7.70. The average Bonchev–Trinajstić information content (AvgIpc) is 2.70. The van der Waals surface area contributed by atoms with Crippen LogP contribution < -0.4 is 5.73 Å². The van der Waals surface area contributed by atoms with E-state index in [2.05, 4.69) is 4.74 Å². The fraction of sp³-hybridized carbons (Fsp3) is 0.0833. The number of carbonyl (C=O) groups is 1. The average molecular weight is 217 g/mol. The van der Waals surface area contributed by atoms with E-state index in [1.807, 2.05) is 12.1 Å². The molecule has 0 aliphatic rings. The molecule has 0 unspecified atom stereocenters. The van der Waals surface area contributed by atoms with Crippen LogP contribution >= 0.6 is 0 Å². The fourth-order valence-corrected chi connectivity index (χ4v) is 1.40. The van der Waals surface area contributed by atoms with Crippen molar-refractivity contribution >= 4 is 28.7 Å². The Morgan fingerprint density at radius 2 is 2.31 bits per heavy atom. The number of benzene rings is 1. The standard InChI is InChI=1S/C12H11NO3/c1-15-12(14)6-5-8-7-9-10(13)3-2-4-11(9)16-8/h2-7H,13H2,1H3. The topological polar surface area (TPSA) is 65.5 Å². The molecule has 1 aromatic carbocycles. The number of hydrogen-bond donors (Lipinski definition) is 1. The number of fused-ring (bicyclic) bond motifs is 1. The van der Waals surface area contributed by atoms with Gasteiger partial charge in [-0.05, 0) is 24.3 Å². The third kappa shape index (κ3) is 1.91. The summed E-state index contributed by atoms with van der Waals surface area (Å²) in [7, 11) is 1.32. The van der Waals surface area contributed by atoms with Crippen LogP contribution in [0, 0.1) is 0 Å². The maximum Gasteiger partial charge on any atom is 0.330 e. The van der Waals surface area contributed by atoms with Crippen LogP contribution in [-0.4, -0.2) is 13.1 Å². The summed E-state index contributed by atoms with van der Waals surface area (Å²) in [5.74, 6) is 0.145. The summed E-state index contributed by atoms with van der Waals surface area (Å²) in [6, 6.07) is 7.21. The van der Waals surface area contributed by atoms with Gasteiger partial charge in [0.05, 0.1) is 7.11 Å². The van der Waals surface area contributed by atoms with E-state index in [1.165, 1.54) is 13.2 Å². The first-order valence-corrected chi connectivity index (χ1v) is 4.75. The second-order valence-electron chi connectivity index (χ2n) is 3.26. The summed E-state index contributed by atoms with van der Waals surface area (Å²) >= 11 is 0. The van der Waals surface area contributed by atoms with Gasteiger partial charge in [0.1, 0.15) is 11.3 Å². The van der Waals surface area contributed by atoms with Crippen molar-refractivity contribution in [3.05, 3.63) is 36.1 Å². The molecule has 16 heavy (non-hydrogen) atoms. The minimum Gasteiger partial charge on any atom is -0.466 e. The molecule has 82 valence electrons. The molecule has 0 aliphatic heterocycles. The summed E-state index contributed by atoms with van der Waals surface area (Å²) in [6.07, 6.45) is 2.85. The molecule has 2 N–H and O–H groups in total. The van der Waals surface area contributed by atoms with Gasteiger partial charge in [0, 0.05) is 17.1 Å². The quantitative estimate of drug-likeness (QED) is 0.475. The molecule has 0 bridgehead atoms. The van der Waals surface area contributed by atoms with Crippen molar-refractivity contribution in [2.75, 3.05) is 12.8 Å². The monoisotopic (exact) mass is 217 g/mol. The normalized spacial score (nSPS) is 11.1. The van der Waals surface area contributed by atoms with E-state index in [4.69, 9.17) is 10.2 Å². The number of hydrogen-bond acceptors (Lipinski definition) is 4. The predicted molar refractivity (Wildman–Crippen MR) is 61.7 cm³/mol. The van der Waals surface area contributed by atoms with Crippen LogP contribution in [0.4, 0.5) is 5.69 Å². The largest absolute Gasteiger partial charge is 0.466 e. The zero-order valence-corrected chi connectivity index (χ0v) is 8.77. The SMILES string of the molecule is COC(=O)C=Cc1cc2c(N)cccc2o1. The van der Waals surface area contributed by atoms with Gasteiger partial charge in [0.2, 0.25) is 0 Å². The minimum absolute atomic E-state index is 0.423. The number of methoxy groups -OCH3 is 1. The minimum atomic E-state index is -0.423. The van der Waals surface area contributed by atoms with Crippen LogP contribution in [0.2, 0.25) is 0 Å². The molecule has 0 aliphatic carbocycles. The second-order valence-corrected chi connectivity index (χ2v) is 3.26. The molecule has 0 fully saturated rings. The third-order valence-corrected chi connectivity index (χ3v) is 2.20. The number of rotatable bonds is 2. The van der Waals surface area contributed by atoms with Crippen molar-refractivity contribution in [3.63, 3.8) is 0 Å². The molecule has 0 amide bonds.